The Balaban J connectivity index is 2.44. The van der Waals surface area contributed by atoms with Crippen LogP contribution in [0.3, 0.4) is 0 Å². The van der Waals surface area contributed by atoms with Crippen molar-refractivity contribution in [1.29, 1.82) is 0 Å². The van der Waals surface area contributed by atoms with E-state index in [-0.39, 0.29) is 5.56 Å². The van der Waals surface area contributed by atoms with E-state index in [0.29, 0.717) is 11.2 Å². The molecule has 0 aliphatic carbocycles. The lowest BCUT2D eigenvalue weighted by molar-refractivity contribution is 0.719. The van der Waals surface area contributed by atoms with Crippen molar-refractivity contribution in [3.8, 4) is 11.4 Å². The lowest BCUT2D eigenvalue weighted by atomic mass is 10.1. The van der Waals surface area contributed by atoms with Crippen LogP contribution < -0.4 is 5.56 Å². The molecule has 0 unspecified atom stereocenters. The fraction of sp³-hybridized carbons (Fsp3) is 0.0769. The first-order valence-corrected chi connectivity index (χ1v) is 5.51. The van der Waals surface area contributed by atoms with Crippen molar-refractivity contribution in [3.05, 3.63) is 53.1 Å². The largest absolute Gasteiger partial charge is 0.292 e. The van der Waals surface area contributed by atoms with Crippen molar-refractivity contribution in [2.45, 2.75) is 0 Å². The molecular weight excluding hydrogens is 228 g/mol. The zero-order valence-corrected chi connectivity index (χ0v) is 9.74. The second kappa shape index (κ2) is 4.03. The number of rotatable bonds is 1. The van der Waals surface area contributed by atoms with Crippen LogP contribution >= 0.6 is 0 Å². The van der Waals surface area contributed by atoms with E-state index in [1.54, 1.807) is 25.5 Å². The number of hydrogen-bond donors (Lipinski definition) is 0. The maximum absolute atomic E-state index is 11.9. The number of hydrogen-bond acceptors (Lipinski definition) is 4. The molecule has 0 aromatic carbocycles. The van der Waals surface area contributed by atoms with Crippen LogP contribution in [0.4, 0.5) is 0 Å². The van der Waals surface area contributed by atoms with E-state index in [1.807, 2.05) is 24.3 Å². The van der Waals surface area contributed by atoms with Gasteiger partial charge in [-0.15, -0.1) is 0 Å². The van der Waals surface area contributed by atoms with E-state index in [1.165, 1.54) is 4.68 Å². The summed E-state index contributed by atoms with van der Waals surface area (Å²) in [6, 6.07) is 9.21. The van der Waals surface area contributed by atoms with E-state index < -0.39 is 0 Å². The molecule has 0 radical (unpaired) electrons. The smallest absolute Gasteiger partial charge is 0.265 e. The highest BCUT2D eigenvalue weighted by Gasteiger charge is 2.11. The van der Waals surface area contributed by atoms with Gasteiger partial charge in [0.25, 0.3) is 5.56 Å². The van der Waals surface area contributed by atoms with Crippen LogP contribution in [-0.4, -0.2) is 19.7 Å². The molecule has 0 spiro atoms. The predicted octanol–water partition coefficient (Wildman–Crippen LogP) is 1.39. The summed E-state index contributed by atoms with van der Waals surface area (Å²) in [6.07, 6.45) is 3.30. The molecule has 3 aromatic rings. The van der Waals surface area contributed by atoms with Crippen molar-refractivity contribution in [3.63, 3.8) is 0 Å². The van der Waals surface area contributed by atoms with Gasteiger partial charge in [0.05, 0.1) is 5.69 Å². The van der Waals surface area contributed by atoms with Crippen LogP contribution in [0.5, 0.6) is 0 Å². The molecule has 5 heteroatoms. The van der Waals surface area contributed by atoms with Gasteiger partial charge in [-0.25, -0.2) is 4.68 Å². The molecule has 3 aromatic heterocycles. The van der Waals surface area contributed by atoms with Crippen LogP contribution in [-0.2, 0) is 7.05 Å². The van der Waals surface area contributed by atoms with E-state index in [9.17, 15) is 4.79 Å². The first kappa shape index (κ1) is 10.6. The molecule has 0 saturated heterocycles. The second-order valence-corrected chi connectivity index (χ2v) is 3.89. The van der Waals surface area contributed by atoms with E-state index in [2.05, 4.69) is 15.1 Å². The van der Waals surface area contributed by atoms with Gasteiger partial charge in [-0.2, -0.15) is 5.10 Å². The molecule has 18 heavy (non-hydrogen) atoms. The predicted molar refractivity (Wildman–Crippen MR) is 68.0 cm³/mol. The Morgan fingerprint density at radius 2 is 1.89 bits per heavy atom. The van der Waals surface area contributed by atoms with Crippen LogP contribution in [0, 0.1) is 0 Å². The van der Waals surface area contributed by atoms with E-state index in [4.69, 9.17) is 0 Å². The van der Waals surface area contributed by atoms with Crippen molar-refractivity contribution in [2.75, 3.05) is 0 Å². The Labute approximate surface area is 103 Å². The molecule has 3 rings (SSSR count). The van der Waals surface area contributed by atoms with Crippen molar-refractivity contribution in [2.24, 2.45) is 7.05 Å². The Morgan fingerprint density at radius 3 is 2.67 bits per heavy atom. The summed E-state index contributed by atoms with van der Waals surface area (Å²) in [5.41, 5.74) is 1.60. The molecule has 0 atom stereocenters. The molecule has 0 N–H and O–H groups in total. The summed E-state index contributed by atoms with van der Waals surface area (Å²) >= 11 is 0. The minimum Gasteiger partial charge on any atom is -0.265 e. The molecule has 5 nitrogen and oxygen atoms in total. The molecule has 0 aliphatic heterocycles. The van der Waals surface area contributed by atoms with Gasteiger partial charge in [0.2, 0.25) is 0 Å². The molecule has 0 amide bonds. The summed E-state index contributed by atoms with van der Waals surface area (Å²) in [6.45, 7) is 0. The van der Waals surface area contributed by atoms with Crippen molar-refractivity contribution < 1.29 is 0 Å². The first-order valence-electron chi connectivity index (χ1n) is 5.51. The minimum atomic E-state index is -0.203. The Hall–Kier alpha value is -2.56. The quantitative estimate of drug-likeness (QED) is 0.642. The van der Waals surface area contributed by atoms with Gasteiger partial charge in [0, 0.05) is 24.8 Å². The van der Waals surface area contributed by atoms with E-state index >= 15 is 0 Å². The van der Waals surface area contributed by atoms with Crippen LogP contribution in [0.1, 0.15) is 0 Å². The highest BCUT2D eigenvalue weighted by Crippen LogP contribution is 2.20. The average molecular weight is 238 g/mol. The molecule has 0 fully saturated rings. The zero-order chi connectivity index (χ0) is 12.5. The van der Waals surface area contributed by atoms with E-state index in [0.717, 1.165) is 11.1 Å². The SMILES string of the molecule is Cn1nc(-c2ccccn2)c2cccnc2c1=O. The van der Waals surface area contributed by atoms with Gasteiger partial charge in [-0.3, -0.25) is 14.8 Å². The fourth-order valence-corrected chi connectivity index (χ4v) is 1.86. The Bertz CT molecular complexity index is 765. The summed E-state index contributed by atoms with van der Waals surface area (Å²) in [7, 11) is 1.61. The third-order valence-corrected chi connectivity index (χ3v) is 2.72. The maximum Gasteiger partial charge on any atom is 0.292 e. The number of pyridine rings is 2. The standard InChI is InChI=1S/C13H10N4O/c1-17-13(18)12-9(5-4-8-15-12)11(16-17)10-6-2-3-7-14-10/h2-8H,1H3. The molecular formula is C13H10N4O. The molecule has 3 heterocycles. The van der Waals surface area contributed by atoms with Gasteiger partial charge < -0.3 is 0 Å². The van der Waals surface area contributed by atoms with Gasteiger partial charge in [-0.05, 0) is 24.3 Å². The fourth-order valence-electron chi connectivity index (χ4n) is 1.86. The number of aromatic nitrogens is 4. The average Bonchev–Trinajstić information content (AvgIpc) is 2.44. The molecule has 88 valence electrons. The maximum atomic E-state index is 11.9. The topological polar surface area (TPSA) is 60.7 Å². The summed E-state index contributed by atoms with van der Waals surface area (Å²) in [5.74, 6) is 0. The highest BCUT2D eigenvalue weighted by molar-refractivity contribution is 5.90. The van der Waals surface area contributed by atoms with Gasteiger partial charge >= 0.3 is 0 Å². The summed E-state index contributed by atoms with van der Waals surface area (Å²) < 4.78 is 1.29. The highest BCUT2D eigenvalue weighted by atomic mass is 16.1. The molecule has 0 saturated carbocycles. The normalized spacial score (nSPS) is 10.7. The zero-order valence-electron chi connectivity index (χ0n) is 9.74. The monoisotopic (exact) mass is 238 g/mol. The van der Waals surface area contributed by atoms with Crippen LogP contribution in [0.25, 0.3) is 22.3 Å². The summed E-state index contributed by atoms with van der Waals surface area (Å²) in [5, 5.41) is 4.99. The Morgan fingerprint density at radius 1 is 1.06 bits per heavy atom. The van der Waals surface area contributed by atoms with Crippen molar-refractivity contribution >= 4 is 10.9 Å². The van der Waals surface area contributed by atoms with Crippen LogP contribution in [0.2, 0.25) is 0 Å². The minimum absolute atomic E-state index is 0.203. The number of nitrogens with zero attached hydrogens (tertiary/aromatic N) is 4. The third kappa shape index (κ3) is 1.57. The van der Waals surface area contributed by atoms with Gasteiger partial charge in [0.1, 0.15) is 11.2 Å². The number of fused-ring (bicyclic) bond motifs is 1. The lowest BCUT2D eigenvalue weighted by Crippen LogP contribution is -2.21. The first-order chi connectivity index (χ1) is 8.77. The van der Waals surface area contributed by atoms with Crippen molar-refractivity contribution in [1.82, 2.24) is 19.7 Å². The molecule has 0 bridgehead atoms. The van der Waals surface area contributed by atoms with Gasteiger partial charge in [0.15, 0.2) is 0 Å². The summed E-state index contributed by atoms with van der Waals surface area (Å²) in [4.78, 5) is 20.3. The van der Waals surface area contributed by atoms with Crippen LogP contribution in [0.15, 0.2) is 47.5 Å². The molecule has 0 aliphatic rings. The Kier molecular flexibility index (Phi) is 2.37. The number of aryl methyl sites for hydroxylation is 1. The second-order valence-electron chi connectivity index (χ2n) is 3.89. The van der Waals surface area contributed by atoms with Gasteiger partial charge in [-0.1, -0.05) is 6.07 Å². The third-order valence-electron chi connectivity index (χ3n) is 2.72. The lowest BCUT2D eigenvalue weighted by Gasteiger charge is -2.06.